The standard InChI is InChI=1S/C9H18O2/c1-3-5-8-6-4-7-11-9(8)10-2/h8-9H,3-7H2,1-2H3. The highest BCUT2D eigenvalue weighted by Crippen LogP contribution is 2.25. The normalized spacial score (nSPS) is 32.2. The monoisotopic (exact) mass is 158 g/mol. The Labute approximate surface area is 68.9 Å². The molecule has 1 saturated heterocycles. The molecule has 2 atom stereocenters. The molecule has 1 aliphatic rings. The second-order valence-corrected chi connectivity index (χ2v) is 3.17. The van der Waals surface area contributed by atoms with Gasteiger partial charge in [-0.25, -0.2) is 0 Å². The third-order valence-electron chi connectivity index (χ3n) is 2.28. The van der Waals surface area contributed by atoms with E-state index < -0.39 is 0 Å². The quantitative estimate of drug-likeness (QED) is 0.626. The van der Waals surface area contributed by atoms with Gasteiger partial charge in [-0.1, -0.05) is 13.3 Å². The first-order valence-corrected chi connectivity index (χ1v) is 4.53. The second kappa shape index (κ2) is 4.73. The average molecular weight is 158 g/mol. The first-order valence-electron chi connectivity index (χ1n) is 4.53. The molecule has 0 spiro atoms. The van der Waals surface area contributed by atoms with Crippen LogP contribution in [0.4, 0.5) is 0 Å². The summed E-state index contributed by atoms with van der Waals surface area (Å²) in [6, 6.07) is 0. The van der Waals surface area contributed by atoms with Crippen molar-refractivity contribution in [3.05, 3.63) is 0 Å². The molecule has 11 heavy (non-hydrogen) atoms. The number of ether oxygens (including phenoxy) is 2. The van der Waals surface area contributed by atoms with E-state index in [0.29, 0.717) is 5.92 Å². The maximum absolute atomic E-state index is 5.47. The zero-order valence-corrected chi connectivity index (χ0v) is 7.51. The molecule has 0 amide bonds. The van der Waals surface area contributed by atoms with Gasteiger partial charge in [0.15, 0.2) is 6.29 Å². The van der Waals surface area contributed by atoms with Crippen molar-refractivity contribution in [2.24, 2.45) is 5.92 Å². The van der Waals surface area contributed by atoms with Crippen molar-refractivity contribution in [3.8, 4) is 0 Å². The molecule has 1 aliphatic heterocycles. The Morgan fingerprint density at radius 1 is 1.55 bits per heavy atom. The number of hydrogen-bond donors (Lipinski definition) is 0. The van der Waals surface area contributed by atoms with Crippen LogP contribution >= 0.6 is 0 Å². The molecule has 2 heteroatoms. The molecule has 2 nitrogen and oxygen atoms in total. The molecule has 0 saturated carbocycles. The Kier molecular flexibility index (Phi) is 3.87. The van der Waals surface area contributed by atoms with Crippen LogP contribution in [0.1, 0.15) is 32.6 Å². The molecule has 0 radical (unpaired) electrons. The van der Waals surface area contributed by atoms with Gasteiger partial charge in [0.05, 0.1) is 0 Å². The predicted octanol–water partition coefficient (Wildman–Crippen LogP) is 2.19. The van der Waals surface area contributed by atoms with Gasteiger partial charge in [-0.3, -0.25) is 0 Å². The summed E-state index contributed by atoms with van der Waals surface area (Å²) in [6.45, 7) is 3.08. The summed E-state index contributed by atoms with van der Waals surface area (Å²) in [4.78, 5) is 0. The van der Waals surface area contributed by atoms with Crippen molar-refractivity contribution < 1.29 is 9.47 Å². The van der Waals surface area contributed by atoms with Crippen LogP contribution in [-0.2, 0) is 9.47 Å². The second-order valence-electron chi connectivity index (χ2n) is 3.17. The lowest BCUT2D eigenvalue weighted by atomic mass is 9.95. The Hall–Kier alpha value is -0.0800. The molecular formula is C9H18O2. The van der Waals surface area contributed by atoms with Crippen molar-refractivity contribution in [1.29, 1.82) is 0 Å². The lowest BCUT2D eigenvalue weighted by Crippen LogP contribution is -2.30. The molecule has 0 aromatic carbocycles. The van der Waals surface area contributed by atoms with Crippen LogP contribution in [0.3, 0.4) is 0 Å². The fraction of sp³-hybridized carbons (Fsp3) is 1.00. The zero-order valence-electron chi connectivity index (χ0n) is 7.51. The fourth-order valence-corrected chi connectivity index (χ4v) is 1.73. The minimum atomic E-state index is 0.0729. The maximum Gasteiger partial charge on any atom is 0.159 e. The first kappa shape index (κ1) is 9.01. The van der Waals surface area contributed by atoms with Gasteiger partial charge in [0, 0.05) is 19.6 Å². The van der Waals surface area contributed by atoms with Crippen LogP contribution < -0.4 is 0 Å². The Morgan fingerprint density at radius 3 is 3.00 bits per heavy atom. The van der Waals surface area contributed by atoms with Gasteiger partial charge in [0.1, 0.15) is 0 Å². The van der Waals surface area contributed by atoms with Gasteiger partial charge in [-0.15, -0.1) is 0 Å². The predicted molar refractivity (Wildman–Crippen MR) is 44.4 cm³/mol. The molecular weight excluding hydrogens is 140 g/mol. The molecule has 0 aromatic rings. The highest BCUT2D eigenvalue weighted by Gasteiger charge is 2.24. The van der Waals surface area contributed by atoms with Gasteiger partial charge in [-0.2, -0.15) is 0 Å². The van der Waals surface area contributed by atoms with Crippen LogP contribution in [0, 0.1) is 5.92 Å². The minimum absolute atomic E-state index is 0.0729. The van der Waals surface area contributed by atoms with Gasteiger partial charge in [-0.05, 0) is 19.3 Å². The maximum atomic E-state index is 5.47. The third kappa shape index (κ3) is 2.46. The van der Waals surface area contributed by atoms with Crippen LogP contribution in [0.25, 0.3) is 0 Å². The van der Waals surface area contributed by atoms with E-state index in [9.17, 15) is 0 Å². The lowest BCUT2D eigenvalue weighted by Gasteiger charge is -2.30. The van der Waals surface area contributed by atoms with E-state index in [4.69, 9.17) is 9.47 Å². The van der Waals surface area contributed by atoms with Crippen LogP contribution in [0.2, 0.25) is 0 Å². The van der Waals surface area contributed by atoms with E-state index in [1.165, 1.54) is 25.7 Å². The summed E-state index contributed by atoms with van der Waals surface area (Å²) in [5.74, 6) is 0.638. The van der Waals surface area contributed by atoms with Crippen molar-refractivity contribution in [1.82, 2.24) is 0 Å². The highest BCUT2D eigenvalue weighted by atomic mass is 16.7. The van der Waals surface area contributed by atoms with Crippen molar-refractivity contribution in [2.45, 2.75) is 38.9 Å². The molecule has 1 fully saturated rings. The molecule has 2 unspecified atom stereocenters. The highest BCUT2D eigenvalue weighted by molar-refractivity contribution is 4.67. The average Bonchev–Trinajstić information content (AvgIpc) is 2.06. The fourth-order valence-electron chi connectivity index (χ4n) is 1.73. The smallest absolute Gasteiger partial charge is 0.159 e. The van der Waals surface area contributed by atoms with E-state index in [0.717, 1.165) is 6.61 Å². The van der Waals surface area contributed by atoms with Gasteiger partial charge in [0.25, 0.3) is 0 Å². The van der Waals surface area contributed by atoms with E-state index in [2.05, 4.69) is 6.92 Å². The Bertz CT molecular complexity index is 102. The summed E-state index contributed by atoms with van der Waals surface area (Å²) in [6.07, 6.45) is 5.01. The van der Waals surface area contributed by atoms with Crippen molar-refractivity contribution in [2.75, 3.05) is 13.7 Å². The van der Waals surface area contributed by atoms with Crippen LogP contribution in [0.5, 0.6) is 0 Å². The summed E-state index contributed by atoms with van der Waals surface area (Å²) in [7, 11) is 1.73. The topological polar surface area (TPSA) is 18.5 Å². The summed E-state index contributed by atoms with van der Waals surface area (Å²) >= 11 is 0. The summed E-state index contributed by atoms with van der Waals surface area (Å²) in [5.41, 5.74) is 0. The molecule has 1 heterocycles. The van der Waals surface area contributed by atoms with E-state index >= 15 is 0 Å². The molecule has 0 N–H and O–H groups in total. The first-order chi connectivity index (χ1) is 5.38. The Balaban J connectivity index is 2.31. The SMILES string of the molecule is CCCC1CCCOC1OC. The molecule has 1 rings (SSSR count). The summed E-state index contributed by atoms with van der Waals surface area (Å²) < 4.78 is 10.7. The van der Waals surface area contributed by atoms with Crippen molar-refractivity contribution in [3.63, 3.8) is 0 Å². The number of methoxy groups -OCH3 is 1. The largest absolute Gasteiger partial charge is 0.356 e. The van der Waals surface area contributed by atoms with Crippen molar-refractivity contribution >= 4 is 0 Å². The zero-order chi connectivity index (χ0) is 8.10. The molecule has 0 bridgehead atoms. The third-order valence-corrected chi connectivity index (χ3v) is 2.28. The van der Waals surface area contributed by atoms with E-state index in [1.54, 1.807) is 7.11 Å². The molecule has 0 aromatic heterocycles. The van der Waals surface area contributed by atoms with Gasteiger partial charge >= 0.3 is 0 Å². The van der Waals surface area contributed by atoms with Crippen LogP contribution in [0.15, 0.2) is 0 Å². The molecule has 66 valence electrons. The summed E-state index contributed by atoms with van der Waals surface area (Å²) in [5, 5.41) is 0. The van der Waals surface area contributed by atoms with Gasteiger partial charge in [0.2, 0.25) is 0 Å². The number of rotatable bonds is 3. The Morgan fingerprint density at radius 2 is 2.36 bits per heavy atom. The minimum Gasteiger partial charge on any atom is -0.356 e. The lowest BCUT2D eigenvalue weighted by molar-refractivity contribution is -0.179. The van der Waals surface area contributed by atoms with Crippen LogP contribution in [-0.4, -0.2) is 20.0 Å². The number of hydrogen-bond acceptors (Lipinski definition) is 2. The van der Waals surface area contributed by atoms with Gasteiger partial charge < -0.3 is 9.47 Å². The van der Waals surface area contributed by atoms with E-state index in [-0.39, 0.29) is 6.29 Å². The molecule has 0 aliphatic carbocycles. The van der Waals surface area contributed by atoms with E-state index in [1.807, 2.05) is 0 Å².